The van der Waals surface area contributed by atoms with Crippen LogP contribution in [0, 0.1) is 5.41 Å². The van der Waals surface area contributed by atoms with Crippen molar-refractivity contribution in [1.29, 1.82) is 0 Å². The smallest absolute Gasteiger partial charge is 0.428 e. The van der Waals surface area contributed by atoms with Gasteiger partial charge in [0.15, 0.2) is 0 Å². The number of amides is 3. The lowest BCUT2D eigenvalue weighted by Gasteiger charge is -2.24. The number of carboxylic acid groups (broad SMARTS) is 1. The van der Waals surface area contributed by atoms with E-state index in [0.29, 0.717) is 5.69 Å². The SMILES string of the molecule is CCc1nn(N(C(=O)O)C(C)C)c(CC)c1S(=O)(=O)c1ccc(N2C(=O)CC(C)(C)C2=O)cc1. The van der Waals surface area contributed by atoms with Crippen LogP contribution in [0.5, 0.6) is 0 Å². The van der Waals surface area contributed by atoms with Crippen molar-refractivity contribution in [3.8, 4) is 0 Å². The van der Waals surface area contributed by atoms with Crippen LogP contribution in [0.15, 0.2) is 34.1 Å². The number of nitrogens with zero attached hydrogens (tertiary/aromatic N) is 4. The number of benzene rings is 1. The summed E-state index contributed by atoms with van der Waals surface area (Å²) in [5.41, 5.74) is 0.0243. The van der Waals surface area contributed by atoms with Gasteiger partial charge in [0.2, 0.25) is 21.7 Å². The Balaban J connectivity index is 2.10. The molecule has 0 radical (unpaired) electrons. The summed E-state index contributed by atoms with van der Waals surface area (Å²) in [6.07, 6.45) is -0.640. The first kappa shape index (κ1) is 25.4. The molecule has 1 aromatic carbocycles. The van der Waals surface area contributed by atoms with Gasteiger partial charge in [0.25, 0.3) is 0 Å². The van der Waals surface area contributed by atoms with Crippen molar-refractivity contribution in [2.24, 2.45) is 5.41 Å². The van der Waals surface area contributed by atoms with Crippen LogP contribution in [0.1, 0.15) is 59.4 Å². The normalized spacial score (nSPS) is 15.9. The molecule has 1 saturated heterocycles. The van der Waals surface area contributed by atoms with Crippen LogP contribution in [0.3, 0.4) is 0 Å². The number of aryl methyl sites for hydroxylation is 1. The Morgan fingerprint density at radius 1 is 1.15 bits per heavy atom. The highest BCUT2D eigenvalue weighted by atomic mass is 32.2. The lowest BCUT2D eigenvalue weighted by molar-refractivity contribution is -0.124. The van der Waals surface area contributed by atoms with Crippen molar-refractivity contribution in [3.63, 3.8) is 0 Å². The third kappa shape index (κ3) is 4.08. The highest BCUT2D eigenvalue weighted by Gasteiger charge is 2.45. The van der Waals surface area contributed by atoms with Gasteiger partial charge < -0.3 is 5.11 Å². The maximum Gasteiger partial charge on any atom is 0.428 e. The Labute approximate surface area is 199 Å². The standard InChI is InChI=1S/C23H30N4O6S/c1-7-17-20(18(8-2)27(24-17)26(14(3)4)22(30)31)34(32,33)16-11-9-15(10-12-16)25-19(28)13-23(5,6)21(25)29/h9-12,14H,7-8,13H2,1-6H3,(H,30,31). The van der Waals surface area contributed by atoms with Crippen LogP contribution < -0.4 is 9.91 Å². The van der Waals surface area contributed by atoms with Crippen LogP contribution in [-0.4, -0.2) is 47.4 Å². The second-order valence-electron chi connectivity index (χ2n) is 9.13. The van der Waals surface area contributed by atoms with E-state index in [9.17, 15) is 27.9 Å². The van der Waals surface area contributed by atoms with E-state index < -0.39 is 27.4 Å². The second-order valence-corrected chi connectivity index (χ2v) is 11.0. The van der Waals surface area contributed by atoms with Crippen LogP contribution in [0.4, 0.5) is 10.5 Å². The summed E-state index contributed by atoms with van der Waals surface area (Å²) in [6.45, 7) is 10.2. The average Bonchev–Trinajstić information content (AvgIpc) is 3.21. The van der Waals surface area contributed by atoms with E-state index in [1.54, 1.807) is 41.5 Å². The topological polar surface area (TPSA) is 130 Å². The van der Waals surface area contributed by atoms with E-state index in [2.05, 4.69) is 5.10 Å². The Kier molecular flexibility index (Phi) is 6.62. The third-order valence-corrected chi connectivity index (χ3v) is 7.74. The number of hydrogen-bond acceptors (Lipinski definition) is 6. The number of imide groups is 1. The predicted molar refractivity (Wildman–Crippen MR) is 125 cm³/mol. The van der Waals surface area contributed by atoms with Crippen LogP contribution in [0.2, 0.25) is 0 Å². The number of aromatic nitrogens is 2. The molecule has 1 aromatic heterocycles. The van der Waals surface area contributed by atoms with Crippen LogP contribution >= 0.6 is 0 Å². The molecule has 10 nitrogen and oxygen atoms in total. The molecule has 0 spiro atoms. The number of sulfone groups is 1. The maximum absolute atomic E-state index is 13.7. The number of carbonyl (C=O) groups is 3. The fraction of sp³-hybridized carbons (Fsp3) is 0.478. The van der Waals surface area contributed by atoms with Crippen molar-refractivity contribution >= 4 is 33.4 Å². The minimum Gasteiger partial charge on any atom is -0.464 e. The summed E-state index contributed by atoms with van der Waals surface area (Å²) in [6, 6.07) is 5.10. The van der Waals surface area contributed by atoms with Crippen molar-refractivity contribution in [2.75, 3.05) is 9.91 Å². The molecule has 2 heterocycles. The van der Waals surface area contributed by atoms with Gasteiger partial charge in [-0.05, 0) is 51.0 Å². The zero-order chi connectivity index (χ0) is 25.6. The zero-order valence-corrected chi connectivity index (χ0v) is 21.0. The predicted octanol–water partition coefficient (Wildman–Crippen LogP) is 3.15. The van der Waals surface area contributed by atoms with Gasteiger partial charge in [0.1, 0.15) is 4.90 Å². The first-order valence-electron chi connectivity index (χ1n) is 11.1. The highest BCUT2D eigenvalue weighted by Crippen LogP contribution is 2.36. The van der Waals surface area contributed by atoms with Crippen molar-refractivity contribution < 1.29 is 27.9 Å². The van der Waals surface area contributed by atoms with E-state index in [4.69, 9.17) is 0 Å². The van der Waals surface area contributed by atoms with Gasteiger partial charge in [0, 0.05) is 6.42 Å². The molecule has 1 aliphatic rings. The zero-order valence-electron chi connectivity index (χ0n) is 20.2. The van der Waals surface area contributed by atoms with E-state index in [-0.39, 0.29) is 52.3 Å². The molecule has 0 aliphatic carbocycles. The maximum atomic E-state index is 13.7. The molecule has 1 N–H and O–H groups in total. The van der Waals surface area contributed by atoms with Gasteiger partial charge >= 0.3 is 6.09 Å². The minimum atomic E-state index is -4.07. The fourth-order valence-electron chi connectivity index (χ4n) is 4.12. The Hall–Kier alpha value is -3.21. The Bertz CT molecular complexity index is 1240. The molecule has 11 heteroatoms. The lowest BCUT2D eigenvalue weighted by atomic mass is 9.92. The highest BCUT2D eigenvalue weighted by molar-refractivity contribution is 7.91. The molecule has 0 unspecified atom stereocenters. The van der Waals surface area contributed by atoms with E-state index in [1.165, 1.54) is 24.3 Å². The van der Waals surface area contributed by atoms with Crippen LogP contribution in [-0.2, 0) is 32.3 Å². The van der Waals surface area contributed by atoms with Crippen LogP contribution in [0.25, 0.3) is 0 Å². The molecular formula is C23H30N4O6S. The second kappa shape index (κ2) is 8.86. The summed E-state index contributed by atoms with van der Waals surface area (Å²) in [4.78, 5) is 39.0. The molecule has 34 heavy (non-hydrogen) atoms. The first-order chi connectivity index (χ1) is 15.8. The summed E-state index contributed by atoms with van der Waals surface area (Å²) in [5.74, 6) is -0.672. The molecule has 1 fully saturated rings. The third-order valence-electron chi connectivity index (χ3n) is 5.84. The average molecular weight is 491 g/mol. The van der Waals surface area contributed by atoms with Gasteiger partial charge in [-0.3, -0.25) is 14.5 Å². The minimum absolute atomic E-state index is 0.0217. The van der Waals surface area contributed by atoms with Crippen molar-refractivity contribution in [1.82, 2.24) is 9.89 Å². The molecule has 0 bridgehead atoms. The molecule has 0 saturated carbocycles. The number of hydrogen-bond donors (Lipinski definition) is 1. The number of rotatable bonds is 7. The molecule has 3 amide bonds. The summed E-state index contributed by atoms with van der Waals surface area (Å²) in [5, 5.41) is 15.0. The number of anilines is 1. The quantitative estimate of drug-likeness (QED) is 0.590. The largest absolute Gasteiger partial charge is 0.464 e. The van der Waals surface area contributed by atoms with Gasteiger partial charge in [-0.25, -0.2) is 13.2 Å². The van der Waals surface area contributed by atoms with Gasteiger partial charge in [0.05, 0.1) is 33.4 Å². The summed E-state index contributed by atoms with van der Waals surface area (Å²) < 4.78 is 27.3. The van der Waals surface area contributed by atoms with E-state index in [0.717, 1.165) is 14.7 Å². The van der Waals surface area contributed by atoms with Gasteiger partial charge in [-0.15, -0.1) is 0 Å². The Morgan fingerprint density at radius 2 is 1.74 bits per heavy atom. The number of carbonyl (C=O) groups excluding carboxylic acids is 2. The molecule has 1 aliphatic heterocycles. The van der Waals surface area contributed by atoms with Gasteiger partial charge in [-0.2, -0.15) is 14.9 Å². The molecule has 0 atom stereocenters. The summed E-state index contributed by atoms with van der Waals surface area (Å²) in [7, 11) is -4.07. The fourth-order valence-corrected chi connectivity index (χ4v) is 5.88. The molecule has 2 aromatic rings. The molecule has 184 valence electrons. The molecular weight excluding hydrogens is 460 g/mol. The van der Waals surface area contributed by atoms with E-state index in [1.807, 2.05) is 0 Å². The molecule has 3 rings (SSSR count). The first-order valence-corrected chi connectivity index (χ1v) is 12.6. The Morgan fingerprint density at radius 3 is 2.15 bits per heavy atom. The van der Waals surface area contributed by atoms with Gasteiger partial charge in [-0.1, -0.05) is 27.7 Å². The monoisotopic (exact) mass is 490 g/mol. The van der Waals surface area contributed by atoms with Crippen molar-refractivity contribution in [3.05, 3.63) is 35.7 Å². The van der Waals surface area contributed by atoms with E-state index >= 15 is 0 Å². The lowest BCUT2D eigenvalue weighted by Crippen LogP contribution is -2.46. The van der Waals surface area contributed by atoms with Crippen molar-refractivity contribution in [2.45, 2.75) is 76.6 Å². The summed E-state index contributed by atoms with van der Waals surface area (Å²) >= 11 is 0.